The van der Waals surface area contributed by atoms with Gasteiger partial charge in [0.1, 0.15) is 23.6 Å². The fraction of sp³-hybridized carbons (Fsp3) is 0.433. The van der Waals surface area contributed by atoms with Crippen molar-refractivity contribution in [1.29, 1.82) is 0 Å². The first kappa shape index (κ1) is 25.2. The van der Waals surface area contributed by atoms with Crippen molar-refractivity contribution < 1.29 is 14.2 Å². The first-order chi connectivity index (χ1) is 19.4. The number of methoxy groups -OCH3 is 1. The molecule has 0 aliphatic carbocycles. The Hall–Kier alpha value is -3.76. The van der Waals surface area contributed by atoms with E-state index in [2.05, 4.69) is 47.9 Å². The van der Waals surface area contributed by atoms with Crippen molar-refractivity contribution in [3.63, 3.8) is 0 Å². The maximum Gasteiger partial charge on any atom is 0.165 e. The minimum Gasteiger partial charge on any atom is -0.494 e. The molecule has 2 bridgehead atoms. The van der Waals surface area contributed by atoms with E-state index in [1.807, 2.05) is 19.2 Å². The van der Waals surface area contributed by atoms with E-state index >= 15 is 0 Å². The van der Waals surface area contributed by atoms with Gasteiger partial charge < -0.3 is 24.6 Å². The number of benzene rings is 1. The van der Waals surface area contributed by atoms with Crippen molar-refractivity contribution in [2.45, 2.75) is 50.4 Å². The fourth-order valence-electron chi connectivity index (χ4n) is 6.42. The minimum atomic E-state index is -0.593. The lowest BCUT2D eigenvalue weighted by Gasteiger charge is -2.56. The maximum atomic E-state index is 14.2. The van der Waals surface area contributed by atoms with Crippen LogP contribution in [-0.4, -0.2) is 80.9 Å². The average molecular weight is 544 g/mol. The Morgan fingerprint density at radius 2 is 1.85 bits per heavy atom. The number of aliphatic hydroxyl groups is 1. The summed E-state index contributed by atoms with van der Waals surface area (Å²) in [5, 5.41) is 11.3. The molecule has 2 N–H and O–H groups in total. The maximum absolute atomic E-state index is 14.2. The molecule has 3 aromatic heterocycles. The third kappa shape index (κ3) is 4.54. The van der Waals surface area contributed by atoms with Crippen molar-refractivity contribution in [3.8, 4) is 17.0 Å². The van der Waals surface area contributed by atoms with Crippen molar-refractivity contribution in [2.75, 3.05) is 43.1 Å². The number of halogens is 1. The van der Waals surface area contributed by atoms with Gasteiger partial charge in [0.05, 0.1) is 18.4 Å². The summed E-state index contributed by atoms with van der Waals surface area (Å²) in [7, 11) is 1.49. The Kier molecular flexibility index (Phi) is 6.12. The number of rotatable bonds is 6. The highest BCUT2D eigenvalue weighted by Crippen LogP contribution is 2.37. The summed E-state index contributed by atoms with van der Waals surface area (Å²) in [5.74, 6) is 1.94. The van der Waals surface area contributed by atoms with Crippen molar-refractivity contribution >= 4 is 22.7 Å². The van der Waals surface area contributed by atoms with Gasteiger partial charge in [-0.15, -0.1) is 0 Å². The summed E-state index contributed by atoms with van der Waals surface area (Å²) in [6.45, 7) is 6.06. The molecule has 7 heterocycles. The zero-order valence-electron chi connectivity index (χ0n) is 22.8. The van der Waals surface area contributed by atoms with Crippen LogP contribution >= 0.6 is 0 Å². The molecule has 208 valence electrons. The van der Waals surface area contributed by atoms with Gasteiger partial charge in [-0.25, -0.2) is 19.3 Å². The lowest BCUT2D eigenvalue weighted by Crippen LogP contribution is -2.68. The lowest BCUT2D eigenvalue weighted by molar-refractivity contribution is -0.00875. The zero-order chi connectivity index (χ0) is 27.4. The van der Waals surface area contributed by atoms with Gasteiger partial charge in [-0.3, -0.25) is 4.90 Å². The van der Waals surface area contributed by atoms with Gasteiger partial charge in [-0.2, -0.15) is 0 Å². The number of fused-ring (bicyclic) bond motifs is 3. The standard InChI is InChI=1S/C30H34FN7O2/c1-30(39)7-9-36(10-8-30)27-13-23-28(33-18-34-29(23)35-27)20-4-6-26(32-14-20)37-16-21-12-22(17-37)38(21)15-19-3-5-25(40-2)24(31)11-19/h3-6,11,13-14,18,21-22,39H,7-10,12,15-17H2,1-2H3,(H,33,34,35). The van der Waals surface area contributed by atoms with Crippen molar-refractivity contribution in [3.05, 3.63) is 60.3 Å². The highest BCUT2D eigenvalue weighted by molar-refractivity contribution is 5.93. The van der Waals surface area contributed by atoms with Crippen LogP contribution in [0.4, 0.5) is 16.0 Å². The Labute approximate surface area is 232 Å². The topological polar surface area (TPSA) is 93.6 Å². The minimum absolute atomic E-state index is 0.282. The molecule has 9 nitrogen and oxygen atoms in total. The van der Waals surface area contributed by atoms with E-state index in [4.69, 9.17) is 9.72 Å². The van der Waals surface area contributed by atoms with Crippen LogP contribution in [0.15, 0.2) is 48.9 Å². The molecule has 4 fully saturated rings. The van der Waals surface area contributed by atoms with Crippen molar-refractivity contribution in [1.82, 2.24) is 24.8 Å². The van der Waals surface area contributed by atoms with E-state index < -0.39 is 5.60 Å². The zero-order valence-corrected chi connectivity index (χ0v) is 22.8. The number of piperazine rings is 1. The van der Waals surface area contributed by atoms with Crippen LogP contribution in [0.1, 0.15) is 31.7 Å². The van der Waals surface area contributed by atoms with Gasteiger partial charge in [0.15, 0.2) is 11.6 Å². The molecule has 0 radical (unpaired) electrons. The van der Waals surface area contributed by atoms with Crippen LogP contribution in [0.2, 0.25) is 0 Å². The molecule has 4 saturated heterocycles. The largest absolute Gasteiger partial charge is 0.494 e. The molecule has 4 aliphatic rings. The first-order valence-electron chi connectivity index (χ1n) is 14.0. The van der Waals surface area contributed by atoms with Crippen molar-refractivity contribution in [2.24, 2.45) is 0 Å². The van der Waals surface area contributed by atoms with Crippen LogP contribution in [0.3, 0.4) is 0 Å². The quantitative estimate of drug-likeness (QED) is 0.377. The normalized spacial score (nSPS) is 22.4. The molecule has 2 atom stereocenters. The second kappa shape index (κ2) is 9.71. The molecule has 1 aromatic carbocycles. The highest BCUT2D eigenvalue weighted by Gasteiger charge is 2.44. The number of hydrogen-bond acceptors (Lipinski definition) is 8. The Bertz CT molecular complexity index is 1520. The summed E-state index contributed by atoms with van der Waals surface area (Å²) in [6, 6.07) is 12.4. The summed E-state index contributed by atoms with van der Waals surface area (Å²) in [6.07, 6.45) is 6.13. The van der Waals surface area contributed by atoms with E-state index in [-0.39, 0.29) is 11.6 Å². The second-order valence-electron chi connectivity index (χ2n) is 11.6. The van der Waals surface area contributed by atoms with E-state index in [0.717, 1.165) is 91.5 Å². The molecular weight excluding hydrogens is 509 g/mol. The van der Waals surface area contributed by atoms with E-state index in [1.54, 1.807) is 18.5 Å². The fourth-order valence-corrected chi connectivity index (χ4v) is 6.42. The second-order valence-corrected chi connectivity index (χ2v) is 11.6. The number of aromatic amines is 1. The van der Waals surface area contributed by atoms with Gasteiger partial charge >= 0.3 is 0 Å². The van der Waals surface area contributed by atoms with Gasteiger partial charge in [0, 0.05) is 62.0 Å². The Morgan fingerprint density at radius 3 is 2.55 bits per heavy atom. The molecule has 4 aliphatic heterocycles. The van der Waals surface area contributed by atoms with Gasteiger partial charge in [-0.1, -0.05) is 6.07 Å². The molecule has 40 heavy (non-hydrogen) atoms. The predicted octanol–water partition coefficient (Wildman–Crippen LogP) is 3.98. The van der Waals surface area contributed by atoms with Gasteiger partial charge in [0.2, 0.25) is 0 Å². The van der Waals surface area contributed by atoms with Crippen LogP contribution in [-0.2, 0) is 6.54 Å². The third-order valence-electron chi connectivity index (χ3n) is 8.86. The smallest absolute Gasteiger partial charge is 0.165 e. The molecule has 0 amide bonds. The number of piperidine rings is 2. The highest BCUT2D eigenvalue weighted by atomic mass is 19.1. The Balaban J connectivity index is 1.04. The number of pyridine rings is 1. The summed E-state index contributed by atoms with van der Waals surface area (Å²) in [5.41, 5.74) is 2.99. The molecule has 0 saturated carbocycles. The number of hydrogen-bond donors (Lipinski definition) is 2. The number of ether oxygens (including phenoxy) is 1. The summed E-state index contributed by atoms with van der Waals surface area (Å²) < 4.78 is 19.2. The van der Waals surface area contributed by atoms with E-state index in [9.17, 15) is 9.50 Å². The van der Waals surface area contributed by atoms with Gasteiger partial charge in [-0.05, 0) is 62.1 Å². The first-order valence-corrected chi connectivity index (χ1v) is 14.0. The van der Waals surface area contributed by atoms with Crippen LogP contribution in [0.5, 0.6) is 5.75 Å². The lowest BCUT2D eigenvalue weighted by atomic mass is 9.86. The SMILES string of the molecule is COc1ccc(CN2C3CC2CN(c2ccc(-c4ncnc5[nH]c(N6CCC(C)(O)CC6)cc45)cn2)C3)cc1F. The van der Waals surface area contributed by atoms with E-state index in [0.29, 0.717) is 12.1 Å². The Morgan fingerprint density at radius 1 is 1.05 bits per heavy atom. The van der Waals surface area contributed by atoms with Gasteiger partial charge in [0.25, 0.3) is 0 Å². The molecule has 10 heteroatoms. The molecular formula is C30H34FN7O2. The van der Waals surface area contributed by atoms with Crippen LogP contribution in [0.25, 0.3) is 22.3 Å². The summed E-state index contributed by atoms with van der Waals surface area (Å²) in [4.78, 5) is 24.4. The molecule has 0 spiro atoms. The predicted molar refractivity (Wildman–Crippen MR) is 152 cm³/mol. The van der Waals surface area contributed by atoms with E-state index in [1.165, 1.54) is 7.11 Å². The number of anilines is 2. The number of H-pyrrole nitrogens is 1. The summed E-state index contributed by atoms with van der Waals surface area (Å²) >= 11 is 0. The number of aromatic nitrogens is 4. The molecule has 2 unspecified atom stereocenters. The van der Waals surface area contributed by atoms with Crippen LogP contribution < -0.4 is 14.5 Å². The number of nitrogens with one attached hydrogen (secondary N) is 1. The monoisotopic (exact) mass is 543 g/mol. The third-order valence-corrected chi connectivity index (χ3v) is 8.86. The average Bonchev–Trinajstić information content (AvgIpc) is 3.41. The van der Waals surface area contributed by atoms with Crippen LogP contribution in [0, 0.1) is 5.82 Å². The molecule has 8 rings (SSSR count). The molecule has 4 aromatic rings. The number of nitrogens with zero attached hydrogens (tertiary/aromatic N) is 6.